The Hall–Kier alpha value is -0.210. The molecule has 1 unspecified atom stereocenters. The van der Waals surface area contributed by atoms with Gasteiger partial charge in [0.15, 0.2) is 0 Å². The lowest BCUT2D eigenvalue weighted by molar-refractivity contribution is -0.00427. The molecule has 1 aliphatic rings. The van der Waals surface area contributed by atoms with Gasteiger partial charge in [0, 0.05) is 26.7 Å². The zero-order valence-electron chi connectivity index (χ0n) is 12.3. The molecule has 7 heteroatoms. The van der Waals surface area contributed by atoms with Crippen LogP contribution in [0.1, 0.15) is 26.7 Å². The molecule has 1 rings (SSSR count). The number of rotatable bonds is 8. The van der Waals surface area contributed by atoms with E-state index in [1.807, 2.05) is 13.8 Å². The predicted molar refractivity (Wildman–Crippen MR) is 76.3 cm³/mol. The Bertz CT molecular complexity index is 348. The third-order valence-corrected chi connectivity index (χ3v) is 5.31. The highest BCUT2D eigenvalue weighted by molar-refractivity contribution is 7.86. The summed E-state index contributed by atoms with van der Waals surface area (Å²) >= 11 is 0. The summed E-state index contributed by atoms with van der Waals surface area (Å²) in [5, 5.41) is 3.20. The molecule has 0 aromatic carbocycles. The van der Waals surface area contributed by atoms with Gasteiger partial charge >= 0.3 is 0 Å². The van der Waals surface area contributed by atoms with Crippen molar-refractivity contribution in [1.29, 1.82) is 0 Å². The Morgan fingerprint density at radius 2 is 2.16 bits per heavy atom. The molecule has 1 atom stereocenters. The molecule has 0 radical (unpaired) electrons. The Morgan fingerprint density at radius 3 is 2.79 bits per heavy atom. The summed E-state index contributed by atoms with van der Waals surface area (Å²) in [5.41, 5.74) is 0. The van der Waals surface area contributed by atoms with Crippen LogP contribution in [-0.2, 0) is 14.9 Å². The summed E-state index contributed by atoms with van der Waals surface area (Å²) in [7, 11) is -1.68. The fraction of sp³-hybridized carbons (Fsp3) is 1.00. The van der Waals surface area contributed by atoms with Crippen LogP contribution >= 0.6 is 0 Å². The van der Waals surface area contributed by atoms with E-state index < -0.39 is 10.2 Å². The van der Waals surface area contributed by atoms with Gasteiger partial charge in [0.1, 0.15) is 0 Å². The zero-order valence-corrected chi connectivity index (χ0v) is 13.1. The molecule has 114 valence electrons. The van der Waals surface area contributed by atoms with E-state index in [2.05, 4.69) is 5.32 Å². The van der Waals surface area contributed by atoms with Crippen molar-refractivity contribution < 1.29 is 13.2 Å². The first-order valence-corrected chi connectivity index (χ1v) is 8.45. The van der Waals surface area contributed by atoms with Crippen molar-refractivity contribution in [2.75, 3.05) is 46.4 Å². The topological polar surface area (TPSA) is 61.9 Å². The molecule has 1 N–H and O–H groups in total. The first kappa shape index (κ1) is 16.8. The average Bonchev–Trinajstić information content (AvgIpc) is 2.43. The van der Waals surface area contributed by atoms with Gasteiger partial charge in [-0.25, -0.2) is 0 Å². The van der Waals surface area contributed by atoms with Crippen molar-refractivity contribution in [2.45, 2.75) is 32.8 Å². The molecule has 0 saturated carbocycles. The van der Waals surface area contributed by atoms with Crippen molar-refractivity contribution in [2.24, 2.45) is 0 Å². The van der Waals surface area contributed by atoms with E-state index in [1.165, 1.54) is 8.61 Å². The number of morpholine rings is 1. The highest BCUT2D eigenvalue weighted by Gasteiger charge is 2.31. The SMILES string of the molecule is CCNCCCN(C)S(=O)(=O)N1CCOC(CC)C1. The van der Waals surface area contributed by atoms with Gasteiger partial charge in [0.05, 0.1) is 12.7 Å². The van der Waals surface area contributed by atoms with Crippen LogP contribution in [0.4, 0.5) is 0 Å². The van der Waals surface area contributed by atoms with Crippen molar-refractivity contribution in [3.63, 3.8) is 0 Å². The average molecular weight is 293 g/mol. The van der Waals surface area contributed by atoms with Gasteiger partial charge in [-0.05, 0) is 25.9 Å². The number of hydrogen-bond donors (Lipinski definition) is 1. The fourth-order valence-corrected chi connectivity index (χ4v) is 3.48. The monoisotopic (exact) mass is 293 g/mol. The van der Waals surface area contributed by atoms with Gasteiger partial charge in [-0.3, -0.25) is 0 Å². The largest absolute Gasteiger partial charge is 0.375 e. The van der Waals surface area contributed by atoms with E-state index in [9.17, 15) is 8.42 Å². The summed E-state index contributed by atoms with van der Waals surface area (Å²) in [5.74, 6) is 0. The molecule has 0 aromatic heterocycles. The van der Waals surface area contributed by atoms with Crippen LogP contribution in [-0.4, -0.2) is 69.5 Å². The summed E-state index contributed by atoms with van der Waals surface area (Å²) in [6, 6.07) is 0. The van der Waals surface area contributed by atoms with E-state index in [4.69, 9.17) is 4.74 Å². The molecule has 19 heavy (non-hydrogen) atoms. The summed E-state index contributed by atoms with van der Waals surface area (Å²) in [6.45, 7) is 7.77. The quantitative estimate of drug-likeness (QED) is 0.653. The molecule has 6 nitrogen and oxygen atoms in total. The number of nitrogens with zero attached hydrogens (tertiary/aromatic N) is 2. The van der Waals surface area contributed by atoms with Crippen LogP contribution in [0, 0.1) is 0 Å². The Labute approximate surface area is 117 Å². The smallest absolute Gasteiger partial charge is 0.281 e. The molecular formula is C12H27N3O3S. The maximum absolute atomic E-state index is 12.4. The second-order valence-electron chi connectivity index (χ2n) is 4.80. The highest BCUT2D eigenvalue weighted by Crippen LogP contribution is 2.14. The highest BCUT2D eigenvalue weighted by atomic mass is 32.2. The summed E-state index contributed by atoms with van der Waals surface area (Å²) in [4.78, 5) is 0. The lowest BCUT2D eigenvalue weighted by Gasteiger charge is -2.34. The third-order valence-electron chi connectivity index (χ3n) is 3.35. The second kappa shape index (κ2) is 8.16. The van der Waals surface area contributed by atoms with Gasteiger partial charge in [-0.2, -0.15) is 17.0 Å². The lowest BCUT2D eigenvalue weighted by atomic mass is 10.2. The molecule has 0 bridgehead atoms. The van der Waals surface area contributed by atoms with Crippen molar-refractivity contribution >= 4 is 10.2 Å². The van der Waals surface area contributed by atoms with E-state index in [1.54, 1.807) is 7.05 Å². The number of ether oxygens (including phenoxy) is 1. The van der Waals surface area contributed by atoms with Gasteiger partial charge < -0.3 is 10.1 Å². The molecule has 0 aromatic rings. The first-order valence-electron chi connectivity index (χ1n) is 7.06. The van der Waals surface area contributed by atoms with Gasteiger partial charge in [-0.15, -0.1) is 0 Å². The molecule has 1 heterocycles. The van der Waals surface area contributed by atoms with Crippen molar-refractivity contribution in [3.05, 3.63) is 0 Å². The number of hydrogen-bond acceptors (Lipinski definition) is 4. The van der Waals surface area contributed by atoms with Crippen LogP contribution < -0.4 is 5.32 Å². The Balaban J connectivity index is 2.48. The fourth-order valence-electron chi connectivity index (χ4n) is 2.06. The predicted octanol–water partition coefficient (Wildman–Crippen LogP) is 0.273. The molecule has 1 saturated heterocycles. The van der Waals surface area contributed by atoms with Crippen LogP contribution in [0.2, 0.25) is 0 Å². The van der Waals surface area contributed by atoms with E-state index in [-0.39, 0.29) is 6.10 Å². The second-order valence-corrected chi connectivity index (χ2v) is 6.83. The van der Waals surface area contributed by atoms with Crippen LogP contribution in [0.5, 0.6) is 0 Å². The maximum atomic E-state index is 12.4. The van der Waals surface area contributed by atoms with Crippen LogP contribution in [0.15, 0.2) is 0 Å². The minimum absolute atomic E-state index is 0.0266. The molecule has 0 aliphatic carbocycles. The molecule has 0 amide bonds. The minimum atomic E-state index is -3.33. The van der Waals surface area contributed by atoms with Crippen molar-refractivity contribution in [3.8, 4) is 0 Å². The standard InChI is InChI=1S/C12H27N3O3S/c1-4-12-11-15(9-10-18-12)19(16,17)14(3)8-6-7-13-5-2/h12-13H,4-11H2,1-3H3. The van der Waals surface area contributed by atoms with Crippen molar-refractivity contribution in [1.82, 2.24) is 13.9 Å². The summed E-state index contributed by atoms with van der Waals surface area (Å²) < 4.78 is 33.3. The minimum Gasteiger partial charge on any atom is -0.375 e. The first-order chi connectivity index (χ1) is 9.02. The Morgan fingerprint density at radius 1 is 1.42 bits per heavy atom. The van der Waals surface area contributed by atoms with Gasteiger partial charge in [0.2, 0.25) is 0 Å². The Kier molecular flexibility index (Phi) is 7.23. The van der Waals surface area contributed by atoms with E-state index in [0.717, 1.165) is 25.9 Å². The molecule has 0 spiro atoms. The van der Waals surface area contributed by atoms with Gasteiger partial charge in [0.25, 0.3) is 10.2 Å². The van der Waals surface area contributed by atoms with E-state index >= 15 is 0 Å². The lowest BCUT2D eigenvalue weighted by Crippen LogP contribution is -2.50. The maximum Gasteiger partial charge on any atom is 0.281 e. The third kappa shape index (κ3) is 5.00. The molecule has 1 fully saturated rings. The normalized spacial score (nSPS) is 22.0. The van der Waals surface area contributed by atoms with Gasteiger partial charge in [-0.1, -0.05) is 13.8 Å². The number of nitrogens with one attached hydrogen (secondary N) is 1. The molecular weight excluding hydrogens is 266 g/mol. The summed E-state index contributed by atoms with van der Waals surface area (Å²) in [6.07, 6.45) is 1.69. The molecule has 1 aliphatic heterocycles. The van der Waals surface area contributed by atoms with Crippen LogP contribution in [0.3, 0.4) is 0 Å². The van der Waals surface area contributed by atoms with Crippen LogP contribution in [0.25, 0.3) is 0 Å². The zero-order chi connectivity index (χ0) is 14.3. The van der Waals surface area contributed by atoms with E-state index in [0.29, 0.717) is 26.2 Å².